The predicted molar refractivity (Wildman–Crippen MR) is 173 cm³/mol. The first kappa shape index (κ1) is 27.1. The number of carboxylic acids is 2. The lowest BCUT2D eigenvalue weighted by Gasteiger charge is -2.09. The lowest BCUT2D eigenvalue weighted by molar-refractivity contribution is 0.0646. The number of rotatable bonds is 2. The fourth-order valence-corrected chi connectivity index (χ4v) is 6.28. The molecule has 0 fully saturated rings. The van der Waals surface area contributed by atoms with E-state index in [9.17, 15) is 30.0 Å². The molecule has 7 aromatic rings. The second-order valence-electron chi connectivity index (χ2n) is 11.1. The standard InChI is InChI=1S/C34H18N8O6/c43-23-19-20(24(44)22(34(47)48)21(23)33(45)46)32-41-30-18-12-6-4-10-16(18)28(39-30)37-26-14-8-2-1-7-13(14)25(35-26)36-27-15-9-3-5-11-17(15)29(38-27)40-31(19)42-32/h1-12,43-44H,(H,45,46)(H,47,48)(H2,35,36,37,38,39,40,41,42). The van der Waals surface area contributed by atoms with E-state index in [4.69, 9.17) is 19.9 Å². The van der Waals surface area contributed by atoms with E-state index in [1.807, 2.05) is 48.5 Å². The number of aromatic carboxylic acids is 2. The maximum absolute atomic E-state index is 12.2. The average Bonchev–Trinajstić information content (AvgIpc) is 3.81. The van der Waals surface area contributed by atoms with Crippen LogP contribution in [0.1, 0.15) is 20.7 Å². The topological polar surface area (TPSA) is 224 Å². The Morgan fingerprint density at radius 1 is 0.458 bits per heavy atom. The molecule has 48 heavy (non-hydrogen) atoms. The van der Waals surface area contributed by atoms with Crippen LogP contribution in [0.5, 0.6) is 11.5 Å². The smallest absolute Gasteiger partial charge is 0.340 e. The van der Waals surface area contributed by atoms with Crippen LogP contribution in [0.15, 0.2) is 72.8 Å². The summed E-state index contributed by atoms with van der Waals surface area (Å²) in [4.78, 5) is 59.3. The molecule has 8 bridgehead atoms. The average molecular weight is 635 g/mol. The number of aromatic hydroxyl groups is 2. The second kappa shape index (κ2) is 9.64. The molecule has 0 saturated carbocycles. The van der Waals surface area contributed by atoms with E-state index in [0.717, 1.165) is 10.8 Å². The molecular formula is C34H18N8O6. The maximum atomic E-state index is 12.2. The van der Waals surface area contributed by atoms with Crippen molar-refractivity contribution in [3.63, 3.8) is 0 Å². The van der Waals surface area contributed by atoms with Crippen molar-refractivity contribution in [1.29, 1.82) is 0 Å². The molecule has 0 unspecified atom stereocenters. The molecule has 0 amide bonds. The van der Waals surface area contributed by atoms with E-state index in [1.54, 1.807) is 24.3 Å². The van der Waals surface area contributed by atoms with E-state index >= 15 is 0 Å². The highest BCUT2D eigenvalue weighted by Gasteiger charge is 2.32. The van der Waals surface area contributed by atoms with Crippen molar-refractivity contribution in [2.24, 2.45) is 0 Å². The number of carbonyl (C=O) groups is 2. The molecule has 2 aliphatic heterocycles. The molecule has 5 heterocycles. The number of nitrogens with zero attached hydrogens (tertiary/aromatic N) is 6. The second-order valence-corrected chi connectivity index (χ2v) is 11.1. The number of carboxylic acid groups (broad SMARTS) is 2. The Morgan fingerprint density at radius 2 is 0.771 bits per heavy atom. The highest BCUT2D eigenvalue weighted by molar-refractivity contribution is 6.20. The van der Waals surface area contributed by atoms with E-state index in [1.165, 1.54) is 0 Å². The van der Waals surface area contributed by atoms with Crippen molar-refractivity contribution < 1.29 is 30.0 Å². The lowest BCUT2D eigenvalue weighted by Crippen LogP contribution is -2.09. The third-order valence-electron chi connectivity index (χ3n) is 8.37. The molecule has 230 valence electrons. The Hall–Kier alpha value is -7.22. The van der Waals surface area contributed by atoms with Crippen LogP contribution in [0.25, 0.3) is 89.7 Å². The first-order valence-electron chi connectivity index (χ1n) is 14.5. The summed E-state index contributed by atoms with van der Waals surface area (Å²) in [5, 5.41) is 43.6. The van der Waals surface area contributed by atoms with Crippen LogP contribution in [0.2, 0.25) is 0 Å². The summed E-state index contributed by atoms with van der Waals surface area (Å²) in [6.45, 7) is 0. The summed E-state index contributed by atoms with van der Waals surface area (Å²) in [5.74, 6) is -4.43. The molecule has 0 atom stereocenters. The van der Waals surface area contributed by atoms with Gasteiger partial charge in [0.15, 0.2) is 23.3 Å². The minimum Gasteiger partial charge on any atom is -0.506 e. The largest absolute Gasteiger partial charge is 0.506 e. The third kappa shape index (κ3) is 3.73. The van der Waals surface area contributed by atoms with Crippen LogP contribution in [-0.2, 0) is 0 Å². The maximum Gasteiger partial charge on any atom is 0.340 e. The van der Waals surface area contributed by atoms with Crippen molar-refractivity contribution >= 4 is 56.1 Å². The summed E-state index contributed by atoms with van der Waals surface area (Å²) in [6, 6.07) is 22.0. The summed E-state index contributed by atoms with van der Waals surface area (Å²) >= 11 is 0. The summed E-state index contributed by atoms with van der Waals surface area (Å²) in [5.41, 5.74) is 1.17. The minimum absolute atomic E-state index is 0.133. The number of H-pyrrole nitrogens is 2. The fraction of sp³-hybridized carbons (Fsp3) is 0. The Balaban J connectivity index is 1.54. The van der Waals surface area contributed by atoms with Crippen molar-refractivity contribution in [2.75, 3.05) is 0 Å². The number of phenols is 2. The minimum atomic E-state index is -1.77. The van der Waals surface area contributed by atoms with Crippen LogP contribution in [-0.4, -0.2) is 72.2 Å². The number of aromatic nitrogens is 8. The van der Waals surface area contributed by atoms with Crippen molar-refractivity contribution in [2.45, 2.75) is 0 Å². The van der Waals surface area contributed by atoms with Gasteiger partial charge in [0.1, 0.15) is 45.2 Å². The zero-order valence-corrected chi connectivity index (χ0v) is 24.2. The van der Waals surface area contributed by atoms with Gasteiger partial charge in [0, 0.05) is 33.0 Å². The van der Waals surface area contributed by atoms with Crippen molar-refractivity contribution in [1.82, 2.24) is 39.9 Å². The Kier molecular flexibility index (Phi) is 5.45. The third-order valence-corrected chi connectivity index (χ3v) is 8.37. The van der Waals surface area contributed by atoms with Crippen LogP contribution in [0.3, 0.4) is 0 Å². The molecule has 6 N–H and O–H groups in total. The molecule has 2 aliphatic rings. The zero-order chi connectivity index (χ0) is 32.8. The van der Waals surface area contributed by atoms with Crippen molar-refractivity contribution in [3.05, 3.63) is 83.9 Å². The summed E-state index contributed by atoms with van der Waals surface area (Å²) in [7, 11) is 0. The highest BCUT2D eigenvalue weighted by atomic mass is 16.4. The van der Waals surface area contributed by atoms with Gasteiger partial charge in [-0.3, -0.25) is 0 Å². The van der Waals surface area contributed by atoms with Gasteiger partial charge in [-0.15, -0.1) is 0 Å². The van der Waals surface area contributed by atoms with Gasteiger partial charge in [0.25, 0.3) is 0 Å². The van der Waals surface area contributed by atoms with Crippen LogP contribution < -0.4 is 0 Å². The summed E-state index contributed by atoms with van der Waals surface area (Å²) < 4.78 is 0. The molecule has 14 nitrogen and oxygen atoms in total. The predicted octanol–water partition coefficient (Wildman–Crippen LogP) is 5.68. The van der Waals surface area contributed by atoms with Crippen LogP contribution >= 0.6 is 0 Å². The van der Waals surface area contributed by atoms with E-state index in [-0.39, 0.29) is 33.7 Å². The quantitative estimate of drug-likeness (QED) is 0.126. The Morgan fingerprint density at radius 3 is 1.12 bits per heavy atom. The van der Waals surface area contributed by atoms with Gasteiger partial charge in [0.05, 0.1) is 10.8 Å². The molecule has 0 aliphatic carbocycles. The summed E-state index contributed by atoms with van der Waals surface area (Å²) in [6.07, 6.45) is 0. The molecule has 0 radical (unpaired) electrons. The van der Waals surface area contributed by atoms with Gasteiger partial charge in [-0.2, -0.15) is 0 Å². The first-order chi connectivity index (χ1) is 23.3. The fourth-order valence-electron chi connectivity index (χ4n) is 6.28. The van der Waals surface area contributed by atoms with Gasteiger partial charge in [-0.05, 0) is 0 Å². The SMILES string of the molecule is O=C(O)c1c(C(=O)O)c(O)c2c3nc4nc(nc5[nH]c(nc6nc(nc([nH]3)c2c1O)-c1ccccc1-6)c1ccccc51)-c1ccccc1-4. The normalized spacial score (nSPS) is 11.8. The monoisotopic (exact) mass is 634 g/mol. The number of hydrogen-bond acceptors (Lipinski definition) is 10. The highest BCUT2D eigenvalue weighted by Crippen LogP contribution is 2.44. The van der Waals surface area contributed by atoms with Gasteiger partial charge in [0.2, 0.25) is 0 Å². The van der Waals surface area contributed by atoms with Gasteiger partial charge in [-0.25, -0.2) is 39.5 Å². The van der Waals surface area contributed by atoms with Crippen LogP contribution in [0, 0.1) is 0 Å². The number of fused-ring (bicyclic) bond motifs is 20. The molecule has 14 heteroatoms. The molecule has 0 saturated heterocycles. The lowest BCUT2D eigenvalue weighted by atomic mass is 10.00. The Bertz CT molecular complexity index is 2600. The number of benzene rings is 4. The number of aromatic amines is 2. The number of hydrogen-bond donors (Lipinski definition) is 6. The molecule has 0 spiro atoms. The van der Waals surface area contributed by atoms with Crippen molar-refractivity contribution in [3.8, 4) is 57.1 Å². The van der Waals surface area contributed by atoms with Gasteiger partial charge in [-0.1, -0.05) is 72.8 Å². The van der Waals surface area contributed by atoms with E-state index < -0.39 is 34.6 Å². The molecular weight excluding hydrogens is 616 g/mol. The zero-order valence-electron chi connectivity index (χ0n) is 24.2. The molecule has 3 aromatic heterocycles. The molecule has 4 aromatic carbocycles. The molecule has 9 rings (SSSR count). The van der Waals surface area contributed by atoms with E-state index in [0.29, 0.717) is 45.2 Å². The van der Waals surface area contributed by atoms with Gasteiger partial charge < -0.3 is 30.4 Å². The van der Waals surface area contributed by atoms with Crippen LogP contribution in [0.4, 0.5) is 0 Å². The van der Waals surface area contributed by atoms with E-state index in [2.05, 4.69) is 19.9 Å². The first-order valence-corrected chi connectivity index (χ1v) is 14.5. The van der Waals surface area contributed by atoms with Gasteiger partial charge >= 0.3 is 11.9 Å². The number of nitrogens with one attached hydrogen (secondary N) is 2. The Labute approximate surface area is 266 Å².